The van der Waals surface area contributed by atoms with Crippen LogP contribution in [0.1, 0.15) is 103 Å². The third-order valence-corrected chi connectivity index (χ3v) is 9.87. The van der Waals surface area contributed by atoms with Gasteiger partial charge in [-0.3, -0.25) is 9.78 Å². The summed E-state index contributed by atoms with van der Waals surface area (Å²) in [5.41, 5.74) is 7.18. The maximum absolute atomic E-state index is 12.4. The van der Waals surface area contributed by atoms with Gasteiger partial charge in [0, 0.05) is 54.3 Å². The van der Waals surface area contributed by atoms with Gasteiger partial charge >= 0.3 is 0 Å². The Balaban J connectivity index is 0.000000280. The molecule has 0 fully saturated rings. The van der Waals surface area contributed by atoms with E-state index in [0.29, 0.717) is 17.3 Å². The van der Waals surface area contributed by atoms with Gasteiger partial charge in [-0.25, -0.2) is 0 Å². The summed E-state index contributed by atoms with van der Waals surface area (Å²) in [4.78, 5) is 17.1. The molecule has 249 valence electrons. The molecule has 0 saturated heterocycles. The second-order valence-corrected chi connectivity index (χ2v) is 13.6. The summed E-state index contributed by atoms with van der Waals surface area (Å²) in [7, 11) is 0. The van der Waals surface area contributed by atoms with Crippen molar-refractivity contribution >= 4 is 27.3 Å². The molecule has 5 heteroatoms. The molecule has 1 N–H and O–H groups in total. The number of benzene rings is 3. The van der Waals surface area contributed by atoms with Crippen LogP contribution in [-0.4, -0.2) is 15.9 Å². The van der Waals surface area contributed by atoms with Gasteiger partial charge in [-0.15, -0.1) is 17.5 Å². The second-order valence-electron chi connectivity index (χ2n) is 13.6. The Labute approximate surface area is 290 Å². The van der Waals surface area contributed by atoms with E-state index in [9.17, 15) is 9.90 Å². The number of hydrogen-bond acceptors (Lipinski definition) is 4. The summed E-state index contributed by atoms with van der Waals surface area (Å²) in [6.45, 7) is 22.8. The first-order valence-corrected chi connectivity index (χ1v) is 16.8. The normalized spacial score (nSPS) is 12.7. The van der Waals surface area contributed by atoms with Crippen LogP contribution in [0.5, 0.6) is 11.5 Å². The van der Waals surface area contributed by atoms with Crippen molar-refractivity contribution in [2.24, 2.45) is 17.3 Å². The van der Waals surface area contributed by atoms with Gasteiger partial charge in [0.15, 0.2) is 5.78 Å². The first kappa shape index (κ1) is 37.4. The number of carbonyl (C=O) groups is 1. The van der Waals surface area contributed by atoms with Crippen molar-refractivity contribution in [2.45, 2.75) is 108 Å². The predicted molar refractivity (Wildman–Crippen MR) is 189 cm³/mol. The van der Waals surface area contributed by atoms with E-state index in [0.717, 1.165) is 65.6 Å². The Hall–Kier alpha value is -3.01. The molecule has 0 spiro atoms. The number of aliphatic hydroxyl groups excluding tert-OH is 1. The van der Waals surface area contributed by atoms with Crippen molar-refractivity contribution in [3.63, 3.8) is 0 Å². The number of aryl methyl sites for hydroxylation is 3. The van der Waals surface area contributed by atoms with Crippen molar-refractivity contribution in [3.8, 4) is 22.8 Å². The summed E-state index contributed by atoms with van der Waals surface area (Å²) in [5.74, 6) is 2.95. The van der Waals surface area contributed by atoms with Crippen LogP contribution in [0, 0.1) is 44.1 Å². The van der Waals surface area contributed by atoms with Crippen LogP contribution in [0.15, 0.2) is 47.9 Å². The molecule has 0 amide bonds. The number of aromatic nitrogens is 1. The van der Waals surface area contributed by atoms with E-state index in [1.807, 2.05) is 40.8 Å². The van der Waals surface area contributed by atoms with Crippen LogP contribution >= 0.6 is 0 Å². The van der Waals surface area contributed by atoms with E-state index in [4.69, 9.17) is 9.72 Å². The van der Waals surface area contributed by atoms with Crippen molar-refractivity contribution < 1.29 is 34.7 Å². The molecule has 4 aromatic rings. The molecule has 2 heterocycles. The summed E-state index contributed by atoms with van der Waals surface area (Å²) in [6, 6.07) is 14.6. The fraction of sp³-hybridized carbons (Fsp3) is 0.463. The number of Topliss-reactive ketones (excluding diaryl/α,β-unsaturated/α-hetero) is 1. The van der Waals surface area contributed by atoms with Crippen LogP contribution in [0.3, 0.4) is 0 Å². The number of nitrogens with zero attached hydrogens (tertiary/aromatic N) is 1. The summed E-state index contributed by atoms with van der Waals surface area (Å²) >= 11 is 0. The summed E-state index contributed by atoms with van der Waals surface area (Å²) in [5, 5.41) is 14.8. The van der Waals surface area contributed by atoms with Crippen molar-refractivity contribution in [1.29, 1.82) is 0 Å². The molecule has 46 heavy (non-hydrogen) atoms. The van der Waals surface area contributed by atoms with Gasteiger partial charge in [0.2, 0.25) is 0 Å². The largest absolute Gasteiger partial charge is 0.512 e. The summed E-state index contributed by atoms with van der Waals surface area (Å²) < 4.78 is 6.52. The average molecular weight is 799 g/mol. The second kappa shape index (κ2) is 15.3. The molecule has 0 saturated carbocycles. The van der Waals surface area contributed by atoms with Crippen molar-refractivity contribution in [3.05, 3.63) is 76.2 Å². The molecule has 0 bridgehead atoms. The number of ketones is 1. The molecule has 0 aliphatic carbocycles. The van der Waals surface area contributed by atoms with Crippen LogP contribution in [0.4, 0.5) is 0 Å². The van der Waals surface area contributed by atoms with E-state index in [1.165, 1.54) is 33.0 Å². The van der Waals surface area contributed by atoms with Crippen molar-refractivity contribution in [1.82, 2.24) is 4.98 Å². The zero-order valence-corrected chi connectivity index (χ0v) is 32.1. The molecule has 1 aliphatic rings. The quantitative estimate of drug-likeness (QED) is 0.0917. The molecular weight excluding hydrogens is 747 g/mol. The van der Waals surface area contributed by atoms with E-state index in [2.05, 4.69) is 71.0 Å². The van der Waals surface area contributed by atoms with E-state index < -0.39 is 0 Å². The monoisotopic (exact) mass is 799 g/mol. The van der Waals surface area contributed by atoms with Gasteiger partial charge < -0.3 is 9.84 Å². The topological polar surface area (TPSA) is 59.4 Å². The zero-order chi connectivity index (χ0) is 33.2. The molecule has 1 radical (unpaired) electrons. The van der Waals surface area contributed by atoms with Crippen LogP contribution in [0.2, 0.25) is 0 Å². The molecule has 0 atom stereocenters. The number of rotatable bonds is 9. The van der Waals surface area contributed by atoms with Crippen LogP contribution in [0.25, 0.3) is 32.8 Å². The molecule has 0 unspecified atom stereocenters. The SMILES string of the molecule is CCC(CC)/C(O)=C(\C)C(=O)C(C)(CC)CC.Cc1cc(C)c2c(C)c3c([c-]c2c1)-c1nccc2cc(CC(C)C)cc(c12)O3.[Ir]. The Bertz CT molecular complexity index is 1760. The van der Waals surface area contributed by atoms with E-state index >= 15 is 0 Å². The fourth-order valence-corrected chi connectivity index (χ4v) is 6.78. The average Bonchev–Trinajstić information content (AvgIpc) is 3.00. The third kappa shape index (κ3) is 7.26. The number of hydrogen-bond donors (Lipinski definition) is 1. The van der Waals surface area contributed by atoms with Gasteiger partial charge in [0.05, 0.1) is 5.75 Å². The Kier molecular flexibility index (Phi) is 12.4. The van der Waals surface area contributed by atoms with Gasteiger partial charge in [-0.2, -0.15) is 0 Å². The summed E-state index contributed by atoms with van der Waals surface area (Å²) in [6.07, 6.45) is 6.33. The molecular formula is C41H52IrNO3-. The third-order valence-electron chi connectivity index (χ3n) is 9.87. The first-order chi connectivity index (χ1) is 21.3. The minimum Gasteiger partial charge on any atom is -0.512 e. The molecule has 1 aliphatic heterocycles. The van der Waals surface area contributed by atoms with Crippen LogP contribution < -0.4 is 4.74 Å². The Morgan fingerprint density at radius 1 is 1.00 bits per heavy atom. The smallest absolute Gasteiger partial charge is 0.167 e. The molecule has 3 aromatic carbocycles. The van der Waals surface area contributed by atoms with Gasteiger partial charge in [-0.05, 0) is 88.8 Å². The molecule has 5 rings (SSSR count). The predicted octanol–water partition coefficient (Wildman–Crippen LogP) is 11.7. The Morgan fingerprint density at radius 3 is 2.24 bits per heavy atom. The van der Waals surface area contributed by atoms with Gasteiger partial charge in [0.25, 0.3) is 0 Å². The number of ether oxygens (including phenoxy) is 1. The molecule has 1 aromatic heterocycles. The number of carbonyl (C=O) groups excluding carboxylic acids is 1. The number of allylic oxidation sites excluding steroid dienone is 2. The maximum atomic E-state index is 12.4. The minimum absolute atomic E-state index is 0. The van der Waals surface area contributed by atoms with E-state index in [1.54, 1.807) is 6.92 Å². The first-order valence-electron chi connectivity index (χ1n) is 16.8. The number of fused-ring (bicyclic) bond motifs is 3. The minimum atomic E-state index is -0.329. The van der Waals surface area contributed by atoms with E-state index in [-0.39, 0.29) is 37.2 Å². The van der Waals surface area contributed by atoms with Crippen LogP contribution in [-0.2, 0) is 31.3 Å². The molecule has 4 nitrogen and oxygen atoms in total. The number of pyridine rings is 1. The van der Waals surface area contributed by atoms with Crippen molar-refractivity contribution in [2.75, 3.05) is 0 Å². The standard InChI is InChI=1S/C26H24NO.C15H28O2.Ir/c1-14(2)8-18-11-19-6-7-27-25-21-13-20-10-15(3)9-16(4)23(20)17(5)26(21)28-22(12-18)24(19)25;1-7-12(8-2)13(16)11(5)14(17)15(6,9-3)10-4;/h6-7,9-12,14H,8H2,1-5H3;12,16H,7-10H2,1-6H3;/q-1;;/b;13-11-;. The fourth-order valence-electron chi connectivity index (χ4n) is 6.78. The number of aliphatic hydroxyl groups is 1. The van der Waals surface area contributed by atoms with Gasteiger partial charge in [0.1, 0.15) is 11.5 Å². The van der Waals surface area contributed by atoms with Gasteiger partial charge in [-0.1, -0.05) is 88.2 Å². The zero-order valence-electron chi connectivity index (χ0n) is 29.7. The Morgan fingerprint density at radius 2 is 1.65 bits per heavy atom. The maximum Gasteiger partial charge on any atom is 0.167 e.